The van der Waals surface area contributed by atoms with Gasteiger partial charge in [-0.2, -0.15) is 4.31 Å². The van der Waals surface area contributed by atoms with Crippen LogP contribution >= 0.6 is 23.2 Å². The summed E-state index contributed by atoms with van der Waals surface area (Å²) >= 11 is 12.0. The van der Waals surface area contributed by atoms with Crippen molar-refractivity contribution >= 4 is 33.2 Å². The van der Waals surface area contributed by atoms with E-state index in [4.69, 9.17) is 23.2 Å². The van der Waals surface area contributed by atoms with Crippen molar-refractivity contribution in [2.45, 2.75) is 48.8 Å². The molecule has 2 atom stereocenters. The van der Waals surface area contributed by atoms with Gasteiger partial charge in [-0.05, 0) is 37.8 Å². The lowest BCUT2D eigenvalue weighted by Gasteiger charge is -2.36. The van der Waals surface area contributed by atoms with Crippen LogP contribution in [0.25, 0.3) is 0 Å². The van der Waals surface area contributed by atoms with Gasteiger partial charge in [-0.15, -0.1) is 0 Å². The van der Waals surface area contributed by atoms with Crippen molar-refractivity contribution in [3.05, 3.63) is 28.2 Å². The number of hydrogen-bond acceptors (Lipinski definition) is 3. The van der Waals surface area contributed by atoms with E-state index in [9.17, 15) is 13.5 Å². The molecule has 1 aromatic rings. The van der Waals surface area contributed by atoms with E-state index in [0.717, 1.165) is 12.8 Å². The third kappa shape index (κ3) is 2.25. The molecule has 2 fully saturated rings. The van der Waals surface area contributed by atoms with Crippen molar-refractivity contribution in [1.29, 1.82) is 0 Å². The summed E-state index contributed by atoms with van der Waals surface area (Å²) in [5.41, 5.74) is 0. The molecule has 3 rings (SSSR count). The van der Waals surface area contributed by atoms with Crippen molar-refractivity contribution in [3.63, 3.8) is 0 Å². The summed E-state index contributed by atoms with van der Waals surface area (Å²) in [7, 11) is -3.67. The average molecular weight is 336 g/mol. The van der Waals surface area contributed by atoms with Gasteiger partial charge in [0.15, 0.2) is 0 Å². The predicted molar refractivity (Wildman–Crippen MR) is 77.5 cm³/mol. The summed E-state index contributed by atoms with van der Waals surface area (Å²) < 4.78 is 27.2. The molecule has 2 saturated heterocycles. The van der Waals surface area contributed by atoms with Crippen LogP contribution in [-0.4, -0.2) is 36.0 Å². The highest BCUT2D eigenvalue weighted by Crippen LogP contribution is 2.41. The molecule has 4 nitrogen and oxygen atoms in total. The minimum Gasteiger partial charge on any atom is -0.393 e. The van der Waals surface area contributed by atoms with Gasteiger partial charge in [0.05, 0.1) is 16.1 Å². The SMILES string of the molecule is O=S(=O)(c1cccc(Cl)c1Cl)N1C2CCC1CC(O)C2. The molecule has 0 radical (unpaired) electrons. The summed E-state index contributed by atoms with van der Waals surface area (Å²) in [6.07, 6.45) is 2.16. The van der Waals surface area contributed by atoms with Gasteiger partial charge in [0.1, 0.15) is 4.90 Å². The standard InChI is InChI=1S/C13H15Cl2NO3S/c14-11-2-1-3-12(13(11)15)20(18,19)16-8-4-5-9(16)7-10(17)6-8/h1-3,8-10,17H,4-7H2. The fourth-order valence-electron chi connectivity index (χ4n) is 3.29. The fraction of sp³-hybridized carbons (Fsp3) is 0.538. The van der Waals surface area contributed by atoms with Gasteiger partial charge in [-0.3, -0.25) is 0 Å². The Balaban J connectivity index is 2.03. The van der Waals surface area contributed by atoms with Gasteiger partial charge < -0.3 is 5.11 Å². The van der Waals surface area contributed by atoms with Crippen LogP contribution in [0.1, 0.15) is 25.7 Å². The van der Waals surface area contributed by atoms with Crippen molar-refractivity contribution in [2.75, 3.05) is 0 Å². The zero-order chi connectivity index (χ0) is 14.5. The van der Waals surface area contributed by atoms with Crippen LogP contribution in [0.15, 0.2) is 23.1 Å². The fourth-order valence-corrected chi connectivity index (χ4v) is 5.93. The molecule has 2 unspecified atom stereocenters. The molecule has 110 valence electrons. The number of fused-ring (bicyclic) bond motifs is 2. The van der Waals surface area contributed by atoms with Crippen molar-refractivity contribution in [1.82, 2.24) is 4.31 Å². The Labute approximate surface area is 128 Å². The number of benzene rings is 1. The Morgan fingerprint density at radius 2 is 1.75 bits per heavy atom. The van der Waals surface area contributed by atoms with Gasteiger partial charge in [0, 0.05) is 12.1 Å². The van der Waals surface area contributed by atoms with Gasteiger partial charge in [-0.1, -0.05) is 29.3 Å². The Hall–Kier alpha value is -0.330. The molecule has 2 bridgehead atoms. The maximum Gasteiger partial charge on any atom is 0.245 e. The van der Waals surface area contributed by atoms with Gasteiger partial charge in [0.25, 0.3) is 0 Å². The van der Waals surface area contributed by atoms with Crippen LogP contribution < -0.4 is 0 Å². The molecule has 1 N–H and O–H groups in total. The molecule has 20 heavy (non-hydrogen) atoms. The van der Waals surface area contributed by atoms with E-state index in [1.165, 1.54) is 10.4 Å². The van der Waals surface area contributed by atoms with Gasteiger partial charge in [-0.25, -0.2) is 8.42 Å². The van der Waals surface area contributed by atoms with Crippen LogP contribution in [0.4, 0.5) is 0 Å². The molecule has 7 heteroatoms. The topological polar surface area (TPSA) is 57.6 Å². The first-order valence-electron chi connectivity index (χ1n) is 6.57. The lowest BCUT2D eigenvalue weighted by molar-refractivity contribution is 0.0769. The predicted octanol–water partition coefficient (Wildman–Crippen LogP) is 2.67. The quantitative estimate of drug-likeness (QED) is 0.903. The number of sulfonamides is 1. The normalized spacial score (nSPS) is 30.6. The van der Waals surface area contributed by atoms with E-state index in [0.29, 0.717) is 12.8 Å². The van der Waals surface area contributed by atoms with E-state index < -0.39 is 16.1 Å². The smallest absolute Gasteiger partial charge is 0.245 e. The first-order chi connectivity index (χ1) is 9.41. The third-order valence-corrected chi connectivity index (χ3v) is 7.09. The Kier molecular flexibility index (Phi) is 3.75. The number of aliphatic hydroxyl groups is 1. The van der Waals surface area contributed by atoms with Crippen LogP contribution in [0, 0.1) is 0 Å². The zero-order valence-electron chi connectivity index (χ0n) is 10.7. The summed E-state index contributed by atoms with van der Waals surface area (Å²) in [4.78, 5) is 0.0555. The number of nitrogens with zero attached hydrogens (tertiary/aromatic N) is 1. The molecule has 0 aromatic heterocycles. The third-order valence-electron chi connectivity index (χ3n) is 4.11. The highest BCUT2D eigenvalue weighted by Gasteiger charge is 2.47. The van der Waals surface area contributed by atoms with Gasteiger partial charge >= 0.3 is 0 Å². The van der Waals surface area contributed by atoms with Crippen molar-refractivity contribution in [3.8, 4) is 0 Å². The number of hydrogen-bond donors (Lipinski definition) is 1. The summed E-state index contributed by atoms with van der Waals surface area (Å²) in [6.45, 7) is 0. The molecule has 2 aliphatic rings. The first-order valence-corrected chi connectivity index (χ1v) is 8.76. The summed E-state index contributed by atoms with van der Waals surface area (Å²) in [5.74, 6) is 0. The van der Waals surface area contributed by atoms with E-state index in [2.05, 4.69) is 0 Å². The van der Waals surface area contributed by atoms with E-state index in [1.54, 1.807) is 12.1 Å². The second kappa shape index (κ2) is 5.14. The van der Waals surface area contributed by atoms with E-state index in [1.807, 2.05) is 0 Å². The summed E-state index contributed by atoms with van der Waals surface area (Å²) in [6, 6.07) is 4.36. The number of rotatable bonds is 2. The molecule has 2 heterocycles. The molecule has 0 aliphatic carbocycles. The second-order valence-corrected chi connectivity index (χ2v) is 7.99. The van der Waals surface area contributed by atoms with Crippen LogP contribution in [0.3, 0.4) is 0 Å². The van der Waals surface area contributed by atoms with Crippen LogP contribution in [-0.2, 0) is 10.0 Å². The van der Waals surface area contributed by atoms with E-state index in [-0.39, 0.29) is 27.0 Å². The van der Waals surface area contributed by atoms with E-state index >= 15 is 0 Å². The number of halogens is 2. The molecule has 0 amide bonds. The Bertz CT molecular complexity index is 621. The first kappa shape index (κ1) is 14.6. The molecule has 2 aliphatic heterocycles. The minimum atomic E-state index is -3.67. The van der Waals surface area contributed by atoms with Crippen molar-refractivity contribution < 1.29 is 13.5 Å². The Morgan fingerprint density at radius 3 is 2.35 bits per heavy atom. The lowest BCUT2D eigenvalue weighted by atomic mass is 10.0. The molecule has 0 spiro atoms. The van der Waals surface area contributed by atoms with Crippen LogP contribution in [0.2, 0.25) is 10.0 Å². The highest BCUT2D eigenvalue weighted by molar-refractivity contribution is 7.89. The minimum absolute atomic E-state index is 0.0555. The molecule has 0 saturated carbocycles. The highest BCUT2D eigenvalue weighted by atomic mass is 35.5. The maximum absolute atomic E-state index is 12.8. The van der Waals surface area contributed by atoms with Gasteiger partial charge in [0.2, 0.25) is 10.0 Å². The second-order valence-electron chi connectivity index (χ2n) is 5.40. The van der Waals surface area contributed by atoms with Crippen LogP contribution in [0.5, 0.6) is 0 Å². The number of aliphatic hydroxyl groups excluding tert-OH is 1. The molecule has 1 aromatic carbocycles. The maximum atomic E-state index is 12.8. The number of piperidine rings is 1. The summed E-state index contributed by atoms with van der Waals surface area (Å²) in [5, 5.41) is 10.1. The molecular formula is C13H15Cl2NO3S. The zero-order valence-corrected chi connectivity index (χ0v) is 13.0. The largest absolute Gasteiger partial charge is 0.393 e. The monoisotopic (exact) mass is 335 g/mol. The Morgan fingerprint density at radius 1 is 1.15 bits per heavy atom. The average Bonchev–Trinajstić information content (AvgIpc) is 2.66. The van der Waals surface area contributed by atoms with Crippen molar-refractivity contribution in [2.24, 2.45) is 0 Å². The lowest BCUT2D eigenvalue weighted by Crippen LogP contribution is -2.47. The molecular weight excluding hydrogens is 321 g/mol.